The largest absolute Gasteiger partial charge is 0.465 e. The number of nitrogens with one attached hydrogen (secondary N) is 1. The van der Waals surface area contributed by atoms with Gasteiger partial charge in [-0.15, -0.1) is 0 Å². The Kier molecular flexibility index (Phi) is 5.26. The van der Waals surface area contributed by atoms with Crippen LogP contribution in [0, 0.1) is 6.92 Å². The lowest BCUT2D eigenvalue weighted by atomic mass is 9.96. The summed E-state index contributed by atoms with van der Waals surface area (Å²) in [6.45, 7) is 4.32. The second-order valence-electron chi connectivity index (χ2n) is 6.71. The fourth-order valence-corrected chi connectivity index (χ4v) is 3.35. The van der Waals surface area contributed by atoms with Crippen molar-refractivity contribution in [3.63, 3.8) is 0 Å². The quantitative estimate of drug-likeness (QED) is 0.855. The van der Waals surface area contributed by atoms with Gasteiger partial charge >= 0.3 is 5.97 Å². The average molecular weight is 352 g/mol. The zero-order valence-electron chi connectivity index (χ0n) is 15.4. The first-order chi connectivity index (χ1) is 12.5. The van der Waals surface area contributed by atoms with E-state index in [0.717, 1.165) is 24.1 Å². The van der Waals surface area contributed by atoms with Gasteiger partial charge in [-0.3, -0.25) is 4.79 Å². The molecule has 0 saturated carbocycles. The number of hydrogen-bond acceptors (Lipinski definition) is 4. The van der Waals surface area contributed by atoms with Crippen molar-refractivity contribution in [3.8, 4) is 0 Å². The number of hydrogen-bond donors (Lipinski definition) is 1. The number of carbonyl (C=O) groups is 2. The number of carbonyl (C=O) groups excluding carboxylic acids is 2. The van der Waals surface area contributed by atoms with Crippen molar-refractivity contribution < 1.29 is 14.3 Å². The summed E-state index contributed by atoms with van der Waals surface area (Å²) in [5, 5.41) is 2.94. The van der Waals surface area contributed by atoms with Crippen LogP contribution in [0.5, 0.6) is 0 Å². The van der Waals surface area contributed by atoms with E-state index in [9.17, 15) is 9.59 Å². The number of rotatable bonds is 4. The molecule has 3 rings (SSSR count). The molecule has 0 aliphatic carbocycles. The lowest BCUT2D eigenvalue weighted by Crippen LogP contribution is -2.42. The molecule has 136 valence electrons. The second kappa shape index (κ2) is 7.60. The number of methoxy groups -OCH3 is 1. The maximum atomic E-state index is 12.7. The highest BCUT2D eigenvalue weighted by Crippen LogP contribution is 2.30. The number of para-hydroxylation sites is 1. The molecule has 1 aliphatic heterocycles. The van der Waals surface area contributed by atoms with Crippen LogP contribution in [-0.4, -0.2) is 31.6 Å². The molecule has 5 nitrogen and oxygen atoms in total. The van der Waals surface area contributed by atoms with Crippen LogP contribution in [0.25, 0.3) is 0 Å². The first kappa shape index (κ1) is 18.0. The zero-order valence-corrected chi connectivity index (χ0v) is 15.4. The summed E-state index contributed by atoms with van der Waals surface area (Å²) in [5.41, 5.74) is 4.36. The van der Waals surface area contributed by atoms with E-state index < -0.39 is 5.97 Å². The smallest absolute Gasteiger partial charge is 0.337 e. The molecule has 1 aliphatic rings. The molecule has 0 bridgehead atoms. The van der Waals surface area contributed by atoms with E-state index in [2.05, 4.69) is 29.3 Å². The normalized spacial score (nSPS) is 16.0. The molecule has 2 aromatic carbocycles. The van der Waals surface area contributed by atoms with Crippen molar-refractivity contribution in [2.24, 2.45) is 0 Å². The average Bonchev–Trinajstić information content (AvgIpc) is 2.65. The number of benzene rings is 2. The van der Waals surface area contributed by atoms with Gasteiger partial charge in [-0.1, -0.05) is 24.3 Å². The van der Waals surface area contributed by atoms with Crippen molar-refractivity contribution in [2.75, 3.05) is 23.9 Å². The maximum absolute atomic E-state index is 12.7. The predicted molar refractivity (Wildman–Crippen MR) is 103 cm³/mol. The molecular weight excluding hydrogens is 328 g/mol. The highest BCUT2D eigenvalue weighted by Gasteiger charge is 2.24. The van der Waals surface area contributed by atoms with Crippen LogP contribution in [0.1, 0.15) is 34.8 Å². The van der Waals surface area contributed by atoms with Crippen molar-refractivity contribution in [3.05, 3.63) is 59.2 Å². The topological polar surface area (TPSA) is 58.6 Å². The number of nitrogens with zero attached hydrogens (tertiary/aromatic N) is 1. The minimum Gasteiger partial charge on any atom is -0.465 e. The summed E-state index contributed by atoms with van der Waals surface area (Å²) in [7, 11) is 1.34. The van der Waals surface area contributed by atoms with Crippen molar-refractivity contribution in [1.82, 2.24) is 0 Å². The summed E-state index contributed by atoms with van der Waals surface area (Å²) in [6, 6.07) is 13.7. The second-order valence-corrected chi connectivity index (χ2v) is 6.71. The third-order valence-electron chi connectivity index (χ3n) is 4.91. The van der Waals surface area contributed by atoms with Crippen LogP contribution in [0.4, 0.5) is 11.4 Å². The first-order valence-corrected chi connectivity index (χ1v) is 8.83. The highest BCUT2D eigenvalue weighted by atomic mass is 16.5. The van der Waals surface area contributed by atoms with Gasteiger partial charge < -0.3 is 15.0 Å². The molecule has 26 heavy (non-hydrogen) atoms. The Morgan fingerprint density at radius 2 is 2.00 bits per heavy atom. The van der Waals surface area contributed by atoms with Crippen molar-refractivity contribution in [1.29, 1.82) is 0 Å². The third-order valence-corrected chi connectivity index (χ3v) is 4.91. The van der Waals surface area contributed by atoms with Crippen molar-refractivity contribution >= 4 is 23.3 Å². The van der Waals surface area contributed by atoms with Gasteiger partial charge in [-0.2, -0.15) is 0 Å². The van der Waals surface area contributed by atoms with E-state index in [1.54, 1.807) is 18.2 Å². The van der Waals surface area contributed by atoms with Gasteiger partial charge in [0.1, 0.15) is 0 Å². The molecule has 1 unspecified atom stereocenters. The fourth-order valence-electron chi connectivity index (χ4n) is 3.35. The lowest BCUT2D eigenvalue weighted by Gasteiger charge is -2.36. The third kappa shape index (κ3) is 3.72. The molecule has 0 saturated heterocycles. The Balaban J connectivity index is 1.76. The van der Waals surface area contributed by atoms with Gasteiger partial charge in [0.15, 0.2) is 0 Å². The predicted octanol–water partition coefficient (Wildman–Crippen LogP) is 3.56. The Labute approximate surface area is 154 Å². The molecule has 1 N–H and O–H groups in total. The Bertz CT molecular complexity index is 832. The van der Waals surface area contributed by atoms with Crippen molar-refractivity contribution in [2.45, 2.75) is 32.7 Å². The number of anilines is 2. The fraction of sp³-hybridized carbons (Fsp3) is 0.333. The summed E-state index contributed by atoms with van der Waals surface area (Å²) >= 11 is 0. The lowest BCUT2D eigenvalue weighted by molar-refractivity contribution is -0.115. The van der Waals surface area contributed by atoms with Crippen LogP contribution >= 0.6 is 0 Å². The maximum Gasteiger partial charge on any atom is 0.337 e. The first-order valence-electron chi connectivity index (χ1n) is 8.83. The molecule has 0 fully saturated rings. The standard InChI is InChI=1S/C21H24N2O3/c1-14-8-10-17(21(25)26-3)12-18(14)22-20(24)13-23-15(2)9-11-16-6-4-5-7-19(16)23/h4-8,10,12,15H,9,11,13H2,1-3H3,(H,22,24). The Morgan fingerprint density at radius 3 is 2.77 bits per heavy atom. The van der Waals surface area contributed by atoms with Crippen LogP contribution in [0.15, 0.2) is 42.5 Å². The Hall–Kier alpha value is -2.82. The van der Waals surface area contributed by atoms with E-state index in [1.807, 2.05) is 19.1 Å². The van der Waals surface area contributed by atoms with Crippen LogP contribution in [-0.2, 0) is 16.0 Å². The minimum atomic E-state index is -0.418. The molecule has 0 spiro atoms. The van der Waals surface area contributed by atoms with Gasteiger partial charge in [0.25, 0.3) is 0 Å². The number of fused-ring (bicyclic) bond motifs is 1. The van der Waals surface area contributed by atoms with E-state index >= 15 is 0 Å². The molecule has 5 heteroatoms. The molecular formula is C21H24N2O3. The molecule has 0 aromatic heterocycles. The number of ether oxygens (including phenoxy) is 1. The Morgan fingerprint density at radius 1 is 1.23 bits per heavy atom. The SMILES string of the molecule is COC(=O)c1ccc(C)c(NC(=O)CN2c3ccccc3CCC2C)c1. The zero-order chi connectivity index (χ0) is 18.7. The van der Waals surface area contributed by atoms with Gasteiger partial charge in [-0.25, -0.2) is 4.79 Å². The number of amides is 1. The highest BCUT2D eigenvalue weighted by molar-refractivity contribution is 5.97. The molecule has 2 aromatic rings. The monoisotopic (exact) mass is 352 g/mol. The van der Waals surface area contributed by atoms with E-state index in [4.69, 9.17) is 4.74 Å². The van der Waals surface area contributed by atoms with Crippen LogP contribution in [0.3, 0.4) is 0 Å². The summed E-state index contributed by atoms with van der Waals surface area (Å²) in [6.07, 6.45) is 2.07. The minimum absolute atomic E-state index is 0.0985. The molecule has 1 heterocycles. The molecule has 1 amide bonds. The van der Waals surface area contributed by atoms with E-state index in [0.29, 0.717) is 17.3 Å². The summed E-state index contributed by atoms with van der Waals surface area (Å²) in [4.78, 5) is 26.5. The summed E-state index contributed by atoms with van der Waals surface area (Å²) < 4.78 is 4.75. The van der Waals surface area contributed by atoms with Crippen LogP contribution < -0.4 is 10.2 Å². The van der Waals surface area contributed by atoms with E-state index in [1.165, 1.54) is 12.7 Å². The van der Waals surface area contributed by atoms with Gasteiger partial charge in [0.05, 0.1) is 19.2 Å². The summed E-state index contributed by atoms with van der Waals surface area (Å²) in [5.74, 6) is -0.516. The van der Waals surface area contributed by atoms with Gasteiger partial charge in [-0.05, 0) is 56.0 Å². The number of aryl methyl sites for hydroxylation is 2. The van der Waals surface area contributed by atoms with E-state index in [-0.39, 0.29) is 12.5 Å². The molecule has 1 atom stereocenters. The molecule has 0 radical (unpaired) electrons. The number of esters is 1. The van der Waals surface area contributed by atoms with Gasteiger partial charge in [0.2, 0.25) is 5.91 Å². The van der Waals surface area contributed by atoms with Gasteiger partial charge in [0, 0.05) is 17.4 Å². The van der Waals surface area contributed by atoms with Crippen LogP contribution in [0.2, 0.25) is 0 Å².